The van der Waals surface area contributed by atoms with Crippen LogP contribution in [-0.4, -0.2) is 37.8 Å². The van der Waals surface area contributed by atoms with Crippen molar-refractivity contribution < 1.29 is 9.90 Å². The number of aliphatic carboxylic acids is 1. The zero-order valence-electron chi connectivity index (χ0n) is 10.6. The summed E-state index contributed by atoms with van der Waals surface area (Å²) in [6.45, 7) is 1.52. The van der Waals surface area contributed by atoms with E-state index in [1.807, 2.05) is 12.1 Å². The van der Waals surface area contributed by atoms with E-state index in [9.17, 15) is 4.79 Å². The van der Waals surface area contributed by atoms with Gasteiger partial charge in [-0.3, -0.25) is 4.79 Å². The molecule has 0 aliphatic carbocycles. The number of carbonyl (C=O) groups is 1. The molecule has 0 unspecified atom stereocenters. The van der Waals surface area contributed by atoms with Crippen molar-refractivity contribution >= 4 is 41.5 Å². The number of nitrogens with one attached hydrogen (secondary N) is 1. The summed E-state index contributed by atoms with van der Waals surface area (Å²) in [5, 5.41) is 17.0. The third-order valence-corrected chi connectivity index (χ3v) is 3.02. The monoisotopic (exact) mass is 308 g/mol. The van der Waals surface area contributed by atoms with Gasteiger partial charge in [-0.05, 0) is 31.2 Å². The Morgan fingerprint density at radius 3 is 2.50 bits per heavy atom. The minimum Gasteiger partial charge on any atom is -0.480 e. The molecule has 0 spiro atoms. The highest BCUT2D eigenvalue weighted by Crippen LogP contribution is 2.21. The van der Waals surface area contributed by atoms with Crippen molar-refractivity contribution in [2.75, 3.05) is 11.4 Å². The Bertz CT molecular complexity index is 639. The quantitative estimate of drug-likeness (QED) is 0.592. The molecule has 20 heavy (non-hydrogen) atoms. The number of carboxylic acids is 1. The van der Waals surface area contributed by atoms with E-state index in [4.69, 9.17) is 17.3 Å². The summed E-state index contributed by atoms with van der Waals surface area (Å²) in [6, 6.07) is 7.20. The van der Waals surface area contributed by atoms with E-state index >= 15 is 0 Å². The predicted octanol–water partition coefficient (Wildman–Crippen LogP) is 2.00. The second-order valence-corrected chi connectivity index (χ2v) is 5.06. The van der Waals surface area contributed by atoms with Crippen LogP contribution < -0.4 is 4.90 Å². The Hall–Kier alpha value is -1.93. The molecule has 0 fully saturated rings. The average Bonchev–Trinajstić information content (AvgIpc) is 2.82. The molecule has 0 radical (unpaired) electrons. The number of anilines is 1. The SMILES string of the molecule is CC(=S)N(CC(=O)O)c1ccc(-c2nnc(S)[nH]2)cc1. The van der Waals surface area contributed by atoms with Crippen molar-refractivity contribution in [2.24, 2.45) is 0 Å². The maximum atomic E-state index is 10.8. The lowest BCUT2D eigenvalue weighted by atomic mass is 10.2. The van der Waals surface area contributed by atoms with Crippen LogP contribution in [0.2, 0.25) is 0 Å². The van der Waals surface area contributed by atoms with Gasteiger partial charge in [0.05, 0.1) is 4.99 Å². The van der Waals surface area contributed by atoms with E-state index in [2.05, 4.69) is 27.8 Å². The van der Waals surface area contributed by atoms with Crippen LogP contribution in [0.1, 0.15) is 6.92 Å². The first-order chi connectivity index (χ1) is 9.47. The van der Waals surface area contributed by atoms with Gasteiger partial charge in [0.25, 0.3) is 0 Å². The standard InChI is InChI=1S/C12H12N4O2S2/c1-7(19)16(6-10(17)18)9-4-2-8(3-5-9)11-13-12(20)15-14-11/h2-5H,6H2,1H3,(H,17,18)(H2,13,14,15,20). The summed E-state index contributed by atoms with van der Waals surface area (Å²) in [5.41, 5.74) is 1.55. The van der Waals surface area contributed by atoms with Gasteiger partial charge in [-0.15, -0.1) is 22.8 Å². The maximum Gasteiger partial charge on any atom is 0.323 e. The smallest absolute Gasteiger partial charge is 0.323 e. The number of hydrogen-bond donors (Lipinski definition) is 3. The van der Waals surface area contributed by atoms with E-state index in [0.29, 0.717) is 21.7 Å². The number of carboxylic acid groups (broad SMARTS) is 1. The molecule has 2 aromatic rings. The van der Waals surface area contributed by atoms with Gasteiger partial charge in [0.2, 0.25) is 0 Å². The van der Waals surface area contributed by atoms with Crippen LogP contribution in [0.5, 0.6) is 0 Å². The highest BCUT2D eigenvalue weighted by Gasteiger charge is 2.13. The number of hydrogen-bond acceptors (Lipinski definition) is 5. The normalized spacial score (nSPS) is 10.3. The molecule has 1 heterocycles. The predicted molar refractivity (Wildman–Crippen MR) is 82.3 cm³/mol. The van der Waals surface area contributed by atoms with Crippen LogP contribution in [0.25, 0.3) is 11.4 Å². The van der Waals surface area contributed by atoms with Crippen LogP contribution in [0.4, 0.5) is 5.69 Å². The largest absolute Gasteiger partial charge is 0.480 e. The number of thiol groups is 1. The van der Waals surface area contributed by atoms with Gasteiger partial charge < -0.3 is 15.0 Å². The molecule has 1 aromatic heterocycles. The van der Waals surface area contributed by atoms with Crippen LogP contribution in [0.15, 0.2) is 29.4 Å². The Morgan fingerprint density at radius 2 is 2.05 bits per heavy atom. The lowest BCUT2D eigenvalue weighted by molar-refractivity contribution is -0.135. The maximum absolute atomic E-state index is 10.8. The number of benzene rings is 1. The van der Waals surface area contributed by atoms with Gasteiger partial charge in [0.1, 0.15) is 6.54 Å². The minimum atomic E-state index is -0.937. The van der Waals surface area contributed by atoms with Crippen molar-refractivity contribution in [3.8, 4) is 11.4 Å². The highest BCUT2D eigenvalue weighted by molar-refractivity contribution is 7.80. The zero-order valence-corrected chi connectivity index (χ0v) is 12.3. The summed E-state index contributed by atoms with van der Waals surface area (Å²) >= 11 is 9.12. The van der Waals surface area contributed by atoms with Crippen LogP contribution in [0.3, 0.4) is 0 Å². The van der Waals surface area contributed by atoms with Gasteiger partial charge in [-0.2, -0.15) is 0 Å². The zero-order chi connectivity index (χ0) is 14.7. The van der Waals surface area contributed by atoms with Crippen molar-refractivity contribution in [1.29, 1.82) is 0 Å². The third-order valence-electron chi connectivity index (χ3n) is 2.60. The number of H-pyrrole nitrogens is 1. The molecule has 0 atom stereocenters. The molecule has 0 saturated carbocycles. The van der Waals surface area contributed by atoms with E-state index in [-0.39, 0.29) is 6.54 Å². The van der Waals surface area contributed by atoms with E-state index < -0.39 is 5.97 Å². The Morgan fingerprint density at radius 1 is 1.40 bits per heavy atom. The number of aromatic nitrogens is 3. The molecular formula is C12H12N4O2S2. The topological polar surface area (TPSA) is 82.1 Å². The third kappa shape index (κ3) is 3.34. The molecule has 0 amide bonds. The lowest BCUT2D eigenvalue weighted by Gasteiger charge is -2.21. The Kier molecular flexibility index (Phi) is 4.35. The number of nitrogens with zero attached hydrogens (tertiary/aromatic N) is 3. The van der Waals surface area contributed by atoms with Gasteiger partial charge in [-0.25, -0.2) is 0 Å². The molecule has 8 heteroatoms. The van der Waals surface area contributed by atoms with E-state index in [1.54, 1.807) is 24.0 Å². The van der Waals surface area contributed by atoms with Gasteiger partial charge in [-0.1, -0.05) is 12.2 Å². The molecular weight excluding hydrogens is 296 g/mol. The summed E-state index contributed by atoms with van der Waals surface area (Å²) in [7, 11) is 0. The van der Waals surface area contributed by atoms with Gasteiger partial charge in [0, 0.05) is 11.3 Å². The first kappa shape index (κ1) is 14.5. The summed E-state index contributed by atoms with van der Waals surface area (Å²) in [4.78, 5) is 15.8. The number of aromatic amines is 1. The van der Waals surface area contributed by atoms with Crippen molar-refractivity contribution in [2.45, 2.75) is 12.1 Å². The fourth-order valence-electron chi connectivity index (χ4n) is 1.70. The fraction of sp³-hybridized carbons (Fsp3) is 0.167. The van der Waals surface area contributed by atoms with Crippen molar-refractivity contribution in [3.63, 3.8) is 0 Å². The van der Waals surface area contributed by atoms with Crippen molar-refractivity contribution in [3.05, 3.63) is 24.3 Å². The summed E-state index contributed by atoms with van der Waals surface area (Å²) < 4.78 is 0. The minimum absolute atomic E-state index is 0.169. The molecule has 0 bridgehead atoms. The Labute approximate surface area is 126 Å². The lowest BCUT2D eigenvalue weighted by Crippen LogP contribution is -2.32. The van der Waals surface area contributed by atoms with Crippen molar-refractivity contribution in [1.82, 2.24) is 15.2 Å². The number of rotatable bonds is 4. The first-order valence-electron chi connectivity index (χ1n) is 5.69. The Balaban J connectivity index is 2.26. The van der Waals surface area contributed by atoms with Gasteiger partial charge >= 0.3 is 5.97 Å². The molecule has 0 aliphatic rings. The molecule has 2 rings (SSSR count). The van der Waals surface area contributed by atoms with Crippen LogP contribution in [-0.2, 0) is 4.79 Å². The molecule has 0 saturated heterocycles. The van der Waals surface area contributed by atoms with E-state index in [0.717, 1.165) is 5.56 Å². The second-order valence-electron chi connectivity index (χ2n) is 4.04. The van der Waals surface area contributed by atoms with E-state index in [1.165, 1.54) is 0 Å². The molecule has 1 aromatic carbocycles. The fourth-order valence-corrected chi connectivity index (χ4v) is 2.02. The van der Waals surface area contributed by atoms with Crippen LogP contribution in [0, 0.1) is 0 Å². The number of thiocarbonyl (C=S) groups is 1. The summed E-state index contributed by atoms with van der Waals surface area (Å²) in [6.07, 6.45) is 0. The highest BCUT2D eigenvalue weighted by atomic mass is 32.1. The summed E-state index contributed by atoms with van der Waals surface area (Å²) in [5.74, 6) is -0.335. The average molecular weight is 308 g/mol. The molecule has 6 nitrogen and oxygen atoms in total. The molecule has 2 N–H and O–H groups in total. The second kappa shape index (κ2) is 6.02. The molecule has 104 valence electrons. The first-order valence-corrected chi connectivity index (χ1v) is 6.55. The van der Waals surface area contributed by atoms with Gasteiger partial charge in [0.15, 0.2) is 11.0 Å². The molecule has 0 aliphatic heterocycles. The van der Waals surface area contributed by atoms with Crippen LogP contribution >= 0.6 is 24.8 Å².